The number of rotatable bonds is 1. The highest BCUT2D eigenvalue weighted by Gasteiger charge is 2.67. The number of hydrogen-bond acceptors (Lipinski definition) is 6. The monoisotopic (exact) mass is 399 g/mol. The Morgan fingerprint density at radius 3 is 2.74 bits per heavy atom. The minimum absolute atomic E-state index is 0.0163. The van der Waals surface area contributed by atoms with Crippen LogP contribution in [0.1, 0.15) is 26.3 Å². The molecule has 3 fully saturated rings. The molecular weight excluding hydrogens is 386 g/mol. The number of nitrogens with zero attached hydrogens (tertiary/aromatic N) is 4. The molecule has 2 aliphatic carbocycles. The Hall–Kier alpha value is -0.960. The largest absolute Gasteiger partial charge is 0.368 e. The Morgan fingerprint density at radius 2 is 1.96 bits per heavy atom. The maximum absolute atomic E-state index is 6.18. The number of halogens is 2. The van der Waals surface area contributed by atoms with E-state index in [1.807, 2.05) is 18.4 Å². The van der Waals surface area contributed by atoms with E-state index in [2.05, 4.69) is 30.9 Å². The number of ether oxygens (including phenoxy) is 2. The molecule has 2 aromatic rings. The Labute approximate surface area is 145 Å². The van der Waals surface area contributed by atoms with Crippen LogP contribution < -0.4 is 5.73 Å². The summed E-state index contributed by atoms with van der Waals surface area (Å²) in [5.74, 6) is 0.618. The zero-order valence-electron chi connectivity index (χ0n) is 12.5. The van der Waals surface area contributed by atoms with Crippen molar-refractivity contribution in [3.63, 3.8) is 0 Å². The van der Waals surface area contributed by atoms with Crippen LogP contribution in [0.2, 0.25) is 5.15 Å². The van der Waals surface area contributed by atoms with Gasteiger partial charge in [0.2, 0.25) is 5.95 Å². The third-order valence-electron chi connectivity index (χ3n) is 5.02. The van der Waals surface area contributed by atoms with Crippen molar-refractivity contribution in [1.82, 2.24) is 19.5 Å². The molecule has 1 aliphatic heterocycles. The Balaban J connectivity index is 1.68. The van der Waals surface area contributed by atoms with Gasteiger partial charge in [-0.15, -0.1) is 0 Å². The molecule has 5 rings (SSSR count). The minimum Gasteiger partial charge on any atom is -0.368 e. The van der Waals surface area contributed by atoms with Crippen molar-refractivity contribution in [2.24, 2.45) is 11.8 Å². The zero-order valence-corrected chi connectivity index (χ0v) is 14.9. The van der Waals surface area contributed by atoms with E-state index in [0.29, 0.717) is 27.7 Å². The van der Waals surface area contributed by atoms with Crippen LogP contribution in [-0.4, -0.2) is 37.5 Å². The first-order valence-electron chi connectivity index (χ1n) is 7.58. The molecule has 0 amide bonds. The van der Waals surface area contributed by atoms with Crippen molar-refractivity contribution in [3.05, 3.63) is 9.89 Å². The number of fused-ring (bicyclic) bond motifs is 4. The summed E-state index contributed by atoms with van der Waals surface area (Å²) in [6, 6.07) is 0.108. The van der Waals surface area contributed by atoms with E-state index in [4.69, 9.17) is 26.8 Å². The zero-order chi connectivity index (χ0) is 16.1. The summed E-state index contributed by atoms with van der Waals surface area (Å²) >= 11 is 9.71. The molecule has 5 atom stereocenters. The van der Waals surface area contributed by atoms with E-state index < -0.39 is 5.79 Å². The lowest BCUT2D eigenvalue weighted by molar-refractivity contribution is -0.156. The molecule has 0 radical (unpaired) electrons. The summed E-state index contributed by atoms with van der Waals surface area (Å²) in [4.78, 5) is 12.8. The lowest BCUT2D eigenvalue weighted by Gasteiger charge is -2.24. The first-order valence-corrected chi connectivity index (χ1v) is 8.75. The van der Waals surface area contributed by atoms with Gasteiger partial charge in [0.05, 0.1) is 12.1 Å². The normalized spacial score (nSPS) is 37.1. The van der Waals surface area contributed by atoms with Crippen LogP contribution in [0.15, 0.2) is 4.73 Å². The van der Waals surface area contributed by atoms with Gasteiger partial charge in [-0.1, -0.05) is 11.6 Å². The number of anilines is 1. The summed E-state index contributed by atoms with van der Waals surface area (Å²) in [6.07, 6.45) is 1.24. The molecule has 0 bridgehead atoms. The lowest BCUT2D eigenvalue weighted by atomic mass is 10.1. The molecule has 2 saturated carbocycles. The van der Waals surface area contributed by atoms with Gasteiger partial charge in [0.15, 0.2) is 21.3 Å². The standard InChI is InChI=1S/C14H15BrClN5O2/c1-14(2)22-8-5-3-4(5)7(9(8)23-14)21-11-6(18-12(21)15)10(16)19-13(17)20-11/h4-5,7-9H,3H2,1-2H3,(H2,17,19,20). The Kier molecular flexibility index (Phi) is 2.73. The highest BCUT2D eigenvalue weighted by atomic mass is 79.9. The third kappa shape index (κ3) is 1.92. The fourth-order valence-corrected chi connectivity index (χ4v) is 4.99. The van der Waals surface area contributed by atoms with Crippen LogP contribution in [0.25, 0.3) is 11.2 Å². The molecule has 0 spiro atoms. The minimum atomic E-state index is -0.560. The highest BCUT2D eigenvalue weighted by Crippen LogP contribution is 2.63. The van der Waals surface area contributed by atoms with E-state index >= 15 is 0 Å². The summed E-state index contributed by atoms with van der Waals surface area (Å²) in [6.45, 7) is 3.91. The second-order valence-electron chi connectivity index (χ2n) is 6.91. The predicted octanol–water partition coefficient (Wildman–Crippen LogP) is 2.54. The van der Waals surface area contributed by atoms with Crippen molar-refractivity contribution in [1.29, 1.82) is 0 Å². The third-order valence-corrected chi connectivity index (χ3v) is 5.84. The summed E-state index contributed by atoms with van der Waals surface area (Å²) in [7, 11) is 0. The molecule has 2 N–H and O–H groups in total. The second kappa shape index (κ2) is 4.36. The van der Waals surface area contributed by atoms with Crippen LogP contribution in [0.3, 0.4) is 0 Å². The van der Waals surface area contributed by atoms with Gasteiger partial charge in [0.1, 0.15) is 11.6 Å². The number of imidazole rings is 1. The van der Waals surface area contributed by atoms with Crippen LogP contribution >= 0.6 is 27.5 Å². The number of aromatic nitrogens is 4. The van der Waals surface area contributed by atoms with Gasteiger partial charge in [0.25, 0.3) is 0 Å². The fraction of sp³-hybridized carbons (Fsp3) is 0.643. The van der Waals surface area contributed by atoms with Gasteiger partial charge in [0, 0.05) is 0 Å². The van der Waals surface area contributed by atoms with Crippen LogP contribution in [0, 0.1) is 11.8 Å². The molecule has 9 heteroatoms. The van der Waals surface area contributed by atoms with Crippen molar-refractivity contribution in [3.8, 4) is 0 Å². The molecule has 2 aromatic heterocycles. The van der Waals surface area contributed by atoms with Crippen LogP contribution in [0.4, 0.5) is 5.95 Å². The first kappa shape index (κ1) is 14.4. The number of nitrogen functional groups attached to an aromatic ring is 1. The van der Waals surface area contributed by atoms with Crippen molar-refractivity contribution >= 4 is 44.6 Å². The van der Waals surface area contributed by atoms with Crippen molar-refractivity contribution in [2.45, 2.75) is 44.3 Å². The van der Waals surface area contributed by atoms with Gasteiger partial charge in [-0.05, 0) is 48.0 Å². The number of nitrogens with two attached hydrogens (primary N) is 1. The van der Waals surface area contributed by atoms with Gasteiger partial charge in [-0.3, -0.25) is 4.57 Å². The fourth-order valence-electron chi connectivity index (χ4n) is 4.19. The molecule has 122 valence electrons. The van der Waals surface area contributed by atoms with Crippen molar-refractivity contribution in [2.75, 3.05) is 5.73 Å². The van der Waals surface area contributed by atoms with Crippen LogP contribution in [0.5, 0.6) is 0 Å². The SMILES string of the molecule is CC1(C)OC2C3CC3C(n3c(Br)nc4c(Cl)nc(N)nc43)C2O1. The van der Waals surface area contributed by atoms with E-state index in [-0.39, 0.29) is 29.4 Å². The van der Waals surface area contributed by atoms with E-state index in [0.717, 1.165) is 6.42 Å². The Bertz CT molecular complexity index is 840. The van der Waals surface area contributed by atoms with E-state index in [1.54, 1.807) is 0 Å². The van der Waals surface area contributed by atoms with Gasteiger partial charge >= 0.3 is 0 Å². The number of hydrogen-bond donors (Lipinski definition) is 1. The van der Waals surface area contributed by atoms with E-state index in [9.17, 15) is 0 Å². The molecule has 3 heterocycles. The molecule has 5 unspecified atom stereocenters. The summed E-state index contributed by atoms with van der Waals surface area (Å²) in [5, 5.41) is 0.262. The smallest absolute Gasteiger partial charge is 0.223 e. The first-order chi connectivity index (χ1) is 10.9. The molecule has 7 nitrogen and oxygen atoms in total. The van der Waals surface area contributed by atoms with E-state index in [1.165, 1.54) is 0 Å². The average molecular weight is 401 g/mol. The highest BCUT2D eigenvalue weighted by molar-refractivity contribution is 9.10. The average Bonchev–Trinajstić information content (AvgIpc) is 2.96. The van der Waals surface area contributed by atoms with Crippen molar-refractivity contribution < 1.29 is 9.47 Å². The maximum atomic E-state index is 6.18. The molecular formula is C14H15BrClN5O2. The predicted molar refractivity (Wildman–Crippen MR) is 86.9 cm³/mol. The molecule has 0 aromatic carbocycles. The quantitative estimate of drug-likeness (QED) is 0.584. The van der Waals surface area contributed by atoms with Gasteiger partial charge < -0.3 is 15.2 Å². The summed E-state index contributed by atoms with van der Waals surface area (Å²) < 4.78 is 15.0. The topological polar surface area (TPSA) is 88.1 Å². The molecule has 1 saturated heterocycles. The summed E-state index contributed by atoms with van der Waals surface area (Å²) in [5.41, 5.74) is 6.96. The van der Waals surface area contributed by atoms with Crippen LogP contribution in [-0.2, 0) is 9.47 Å². The van der Waals surface area contributed by atoms with Gasteiger partial charge in [-0.25, -0.2) is 4.98 Å². The molecule has 23 heavy (non-hydrogen) atoms. The lowest BCUT2D eigenvalue weighted by Crippen LogP contribution is -2.30. The Morgan fingerprint density at radius 1 is 1.22 bits per heavy atom. The molecule has 3 aliphatic rings. The maximum Gasteiger partial charge on any atom is 0.223 e. The second-order valence-corrected chi connectivity index (χ2v) is 7.98. The van der Waals surface area contributed by atoms with Gasteiger partial charge in [-0.2, -0.15) is 9.97 Å².